The van der Waals surface area contributed by atoms with Gasteiger partial charge in [-0.3, -0.25) is 14.4 Å². The van der Waals surface area contributed by atoms with E-state index in [0.717, 1.165) is 24.0 Å². The number of rotatable bonds is 10. The van der Waals surface area contributed by atoms with Crippen molar-refractivity contribution in [2.24, 2.45) is 5.92 Å². The maximum absolute atomic E-state index is 13.9. The molecule has 2 aromatic rings. The van der Waals surface area contributed by atoms with Crippen molar-refractivity contribution in [2.75, 3.05) is 13.7 Å². The Hall–Kier alpha value is -3.03. The Balaban J connectivity index is 1.58. The van der Waals surface area contributed by atoms with Gasteiger partial charge in [0.15, 0.2) is 5.78 Å². The van der Waals surface area contributed by atoms with Crippen molar-refractivity contribution in [3.05, 3.63) is 71.8 Å². The standard InChI is InChI=1S/C30H39N3O4/c1-3-25(31-2)29(36)32-28-22(19-34)14-15-23-16-17-26(33(23)30(28)37)27(35)18-24(20-10-6-4-7-11-20)21-12-8-5-9-13-21/h4-13,22-26,28,31,34H,3,14-19H2,1-2H3,(H,32,36)/t22-,23+,25+,26+,28+/m1/s1. The minimum atomic E-state index is -0.836. The molecule has 2 saturated heterocycles. The van der Waals surface area contributed by atoms with Crippen LogP contribution in [0.1, 0.15) is 62.5 Å². The lowest BCUT2D eigenvalue weighted by Gasteiger charge is -2.33. The van der Waals surface area contributed by atoms with Gasteiger partial charge in [-0.15, -0.1) is 0 Å². The molecule has 0 radical (unpaired) electrons. The van der Waals surface area contributed by atoms with E-state index in [2.05, 4.69) is 10.6 Å². The minimum absolute atomic E-state index is 0.0442. The summed E-state index contributed by atoms with van der Waals surface area (Å²) in [6.45, 7) is 1.72. The molecule has 2 amide bonds. The van der Waals surface area contributed by atoms with Crippen molar-refractivity contribution < 1.29 is 19.5 Å². The third kappa shape index (κ3) is 5.94. The van der Waals surface area contributed by atoms with Crippen LogP contribution in [-0.2, 0) is 14.4 Å². The highest BCUT2D eigenvalue weighted by Gasteiger charge is 2.47. The van der Waals surface area contributed by atoms with Crippen molar-refractivity contribution in [3.63, 3.8) is 0 Å². The average molecular weight is 506 g/mol. The number of carbonyl (C=O) groups is 3. The number of hydrogen-bond donors (Lipinski definition) is 3. The zero-order valence-corrected chi connectivity index (χ0v) is 21.8. The Morgan fingerprint density at radius 3 is 2.11 bits per heavy atom. The van der Waals surface area contributed by atoms with E-state index >= 15 is 0 Å². The highest BCUT2D eigenvalue weighted by atomic mass is 16.3. The van der Waals surface area contributed by atoms with Crippen molar-refractivity contribution in [1.29, 1.82) is 0 Å². The Morgan fingerprint density at radius 1 is 0.973 bits per heavy atom. The van der Waals surface area contributed by atoms with Crippen LogP contribution in [0, 0.1) is 5.92 Å². The summed E-state index contributed by atoms with van der Waals surface area (Å²) in [6.07, 6.45) is 3.62. The van der Waals surface area contributed by atoms with Gasteiger partial charge in [0.1, 0.15) is 6.04 Å². The van der Waals surface area contributed by atoms with Crippen LogP contribution in [0.5, 0.6) is 0 Å². The number of aliphatic hydroxyl groups excluding tert-OH is 1. The van der Waals surface area contributed by atoms with E-state index in [-0.39, 0.29) is 42.1 Å². The van der Waals surface area contributed by atoms with Crippen LogP contribution in [0.2, 0.25) is 0 Å². The second-order valence-corrected chi connectivity index (χ2v) is 10.3. The first kappa shape index (κ1) is 27.0. The second kappa shape index (κ2) is 12.5. The van der Waals surface area contributed by atoms with Gasteiger partial charge in [0.2, 0.25) is 11.8 Å². The number of likely N-dealkylation sites (N-methyl/N-ethyl adjacent to an activating group) is 1. The summed E-state index contributed by atoms with van der Waals surface area (Å²) in [7, 11) is 1.72. The number of hydrogen-bond acceptors (Lipinski definition) is 5. The molecule has 37 heavy (non-hydrogen) atoms. The Labute approximate surface area is 219 Å². The number of nitrogens with one attached hydrogen (secondary N) is 2. The number of fused-ring (bicyclic) bond motifs is 1. The zero-order chi connectivity index (χ0) is 26.4. The summed E-state index contributed by atoms with van der Waals surface area (Å²) in [5.41, 5.74) is 2.14. The van der Waals surface area contributed by atoms with Crippen LogP contribution in [0.25, 0.3) is 0 Å². The lowest BCUT2D eigenvalue weighted by atomic mass is 9.85. The predicted octanol–water partition coefficient (Wildman–Crippen LogP) is 3.02. The molecule has 0 unspecified atom stereocenters. The van der Waals surface area contributed by atoms with E-state index in [1.54, 1.807) is 11.9 Å². The third-order valence-corrected chi connectivity index (χ3v) is 8.15. The fourth-order valence-electron chi connectivity index (χ4n) is 6.04. The predicted molar refractivity (Wildman–Crippen MR) is 143 cm³/mol. The fraction of sp³-hybridized carbons (Fsp3) is 0.500. The monoisotopic (exact) mass is 505 g/mol. The molecule has 2 heterocycles. The molecule has 3 N–H and O–H groups in total. The largest absolute Gasteiger partial charge is 0.396 e. The molecule has 198 valence electrons. The normalized spacial score (nSPS) is 24.4. The minimum Gasteiger partial charge on any atom is -0.396 e. The smallest absolute Gasteiger partial charge is 0.246 e. The van der Waals surface area contributed by atoms with E-state index in [0.29, 0.717) is 25.7 Å². The van der Waals surface area contributed by atoms with Crippen LogP contribution in [0.15, 0.2) is 60.7 Å². The Morgan fingerprint density at radius 2 is 1.57 bits per heavy atom. The quantitative estimate of drug-likeness (QED) is 0.461. The molecule has 7 heteroatoms. The average Bonchev–Trinajstić information content (AvgIpc) is 3.31. The zero-order valence-electron chi connectivity index (χ0n) is 21.8. The van der Waals surface area contributed by atoms with Crippen molar-refractivity contribution >= 4 is 17.6 Å². The number of benzene rings is 2. The van der Waals surface area contributed by atoms with Gasteiger partial charge in [0.25, 0.3) is 0 Å². The van der Waals surface area contributed by atoms with Gasteiger partial charge in [0.05, 0.1) is 12.1 Å². The number of aliphatic hydroxyl groups is 1. The van der Waals surface area contributed by atoms with Gasteiger partial charge in [-0.05, 0) is 50.3 Å². The van der Waals surface area contributed by atoms with Gasteiger partial charge in [-0.25, -0.2) is 0 Å². The number of carbonyl (C=O) groups excluding carboxylic acids is 3. The van der Waals surface area contributed by atoms with E-state index in [4.69, 9.17) is 0 Å². The SMILES string of the molecule is CC[C@H](NC)C(=O)N[C@@H]1C(=O)N2[C@@H](CC[C@@H]1CO)CC[C@H]2C(=O)CC(c1ccccc1)c1ccccc1. The molecule has 2 aliphatic rings. The van der Waals surface area contributed by atoms with E-state index in [1.165, 1.54) is 0 Å². The summed E-state index contributed by atoms with van der Waals surface area (Å²) >= 11 is 0. The molecule has 0 spiro atoms. The summed E-state index contributed by atoms with van der Waals surface area (Å²) in [4.78, 5) is 42.4. The molecule has 0 saturated carbocycles. The fourth-order valence-corrected chi connectivity index (χ4v) is 6.04. The van der Waals surface area contributed by atoms with Crippen LogP contribution in [0.4, 0.5) is 0 Å². The van der Waals surface area contributed by atoms with Crippen LogP contribution in [0.3, 0.4) is 0 Å². The molecular weight excluding hydrogens is 466 g/mol. The molecule has 4 rings (SSSR count). The molecule has 2 aliphatic heterocycles. The van der Waals surface area contributed by atoms with E-state index in [1.807, 2.05) is 67.6 Å². The first-order valence-corrected chi connectivity index (χ1v) is 13.5. The molecule has 2 aromatic carbocycles. The molecule has 5 atom stereocenters. The van der Waals surface area contributed by atoms with Crippen molar-refractivity contribution in [3.8, 4) is 0 Å². The molecule has 0 aliphatic carbocycles. The molecular formula is C30H39N3O4. The van der Waals surface area contributed by atoms with E-state index in [9.17, 15) is 19.5 Å². The van der Waals surface area contributed by atoms with Gasteiger partial charge < -0.3 is 20.6 Å². The highest BCUT2D eigenvalue weighted by molar-refractivity contribution is 5.95. The Kier molecular flexibility index (Phi) is 9.11. The van der Waals surface area contributed by atoms with Gasteiger partial charge >= 0.3 is 0 Å². The molecule has 0 bridgehead atoms. The lowest BCUT2D eigenvalue weighted by molar-refractivity contribution is -0.143. The number of amides is 2. The summed E-state index contributed by atoms with van der Waals surface area (Å²) < 4.78 is 0. The lowest BCUT2D eigenvalue weighted by Crippen LogP contribution is -2.57. The summed E-state index contributed by atoms with van der Waals surface area (Å²) in [5, 5.41) is 16.0. The first-order chi connectivity index (χ1) is 18.0. The van der Waals surface area contributed by atoms with Crippen molar-refractivity contribution in [1.82, 2.24) is 15.5 Å². The molecule has 2 fully saturated rings. The highest BCUT2D eigenvalue weighted by Crippen LogP contribution is 2.37. The van der Waals surface area contributed by atoms with E-state index < -0.39 is 18.1 Å². The van der Waals surface area contributed by atoms with Crippen LogP contribution < -0.4 is 10.6 Å². The van der Waals surface area contributed by atoms with Crippen LogP contribution >= 0.6 is 0 Å². The maximum atomic E-state index is 13.9. The van der Waals surface area contributed by atoms with Gasteiger partial charge in [0, 0.05) is 30.9 Å². The Bertz CT molecular complexity index is 1020. The summed E-state index contributed by atoms with van der Waals surface area (Å²) in [5.74, 6) is -0.919. The van der Waals surface area contributed by atoms with Gasteiger partial charge in [-0.1, -0.05) is 67.6 Å². The topological polar surface area (TPSA) is 98.7 Å². The number of nitrogens with zero attached hydrogens (tertiary/aromatic N) is 1. The molecule has 0 aromatic heterocycles. The third-order valence-electron chi connectivity index (χ3n) is 8.15. The number of Topliss-reactive ketones (excluding diaryl/α,β-unsaturated/α-hetero) is 1. The first-order valence-electron chi connectivity index (χ1n) is 13.5. The van der Waals surface area contributed by atoms with Crippen molar-refractivity contribution in [2.45, 2.75) is 75.5 Å². The van der Waals surface area contributed by atoms with Gasteiger partial charge in [-0.2, -0.15) is 0 Å². The second-order valence-electron chi connectivity index (χ2n) is 10.3. The maximum Gasteiger partial charge on any atom is 0.246 e. The molecule has 7 nitrogen and oxygen atoms in total. The van der Waals surface area contributed by atoms with Crippen LogP contribution in [-0.4, -0.2) is 65.4 Å². The number of ketones is 1. The summed E-state index contributed by atoms with van der Waals surface area (Å²) in [6, 6.07) is 18.2.